The lowest BCUT2D eigenvalue weighted by molar-refractivity contribution is 0.273. The van der Waals surface area contributed by atoms with E-state index in [4.69, 9.17) is 18.3 Å². The Hall–Kier alpha value is -4.10. The molecule has 3 aromatic heterocycles. The first kappa shape index (κ1) is 23.3. The summed E-state index contributed by atoms with van der Waals surface area (Å²) in [6.45, 7) is 2.59. The van der Waals surface area contributed by atoms with E-state index in [1.807, 2.05) is 42.6 Å². The van der Waals surface area contributed by atoms with E-state index < -0.39 is 0 Å². The predicted octanol–water partition coefficient (Wildman–Crippen LogP) is 6.05. The monoisotopic (exact) mass is 495 g/mol. The highest BCUT2D eigenvalue weighted by Gasteiger charge is 2.32. The summed E-state index contributed by atoms with van der Waals surface area (Å²) in [6.07, 6.45) is 8.61. The summed E-state index contributed by atoms with van der Waals surface area (Å²) in [5, 5.41) is 5.30. The Labute approximate surface area is 214 Å². The van der Waals surface area contributed by atoms with E-state index >= 15 is 0 Å². The fraction of sp³-hybridized carbons (Fsp3) is 0.267. The fourth-order valence-electron chi connectivity index (χ4n) is 4.65. The molecule has 7 heteroatoms. The Morgan fingerprint density at radius 3 is 2.81 bits per heavy atom. The van der Waals surface area contributed by atoms with Gasteiger partial charge in [-0.3, -0.25) is 9.78 Å². The molecule has 1 radical (unpaired) electrons. The molecular weight excluding hydrogens is 468 g/mol. The Bertz CT molecular complexity index is 1520. The highest BCUT2D eigenvalue weighted by atomic mass is 16.5. The minimum Gasteiger partial charge on any atom is -0.493 e. The van der Waals surface area contributed by atoms with Crippen molar-refractivity contribution in [3.05, 3.63) is 89.6 Å². The molecule has 1 aliphatic rings. The van der Waals surface area contributed by atoms with Crippen LogP contribution >= 0.6 is 0 Å². The Morgan fingerprint density at radius 1 is 1.03 bits per heavy atom. The van der Waals surface area contributed by atoms with Crippen LogP contribution in [0.15, 0.2) is 75.8 Å². The van der Waals surface area contributed by atoms with Crippen molar-refractivity contribution in [2.75, 3.05) is 13.2 Å². The number of rotatable bonds is 12. The summed E-state index contributed by atoms with van der Waals surface area (Å²) in [7, 11) is 0. The van der Waals surface area contributed by atoms with E-state index in [1.54, 1.807) is 24.6 Å². The van der Waals surface area contributed by atoms with Crippen molar-refractivity contribution in [1.82, 2.24) is 10.3 Å². The van der Waals surface area contributed by atoms with Gasteiger partial charge >= 0.3 is 0 Å². The molecule has 0 saturated heterocycles. The number of hydrogen-bond donors (Lipinski definition) is 1. The van der Waals surface area contributed by atoms with Crippen LogP contribution in [0.4, 0.5) is 0 Å². The molecule has 5 aromatic rings. The third kappa shape index (κ3) is 5.22. The number of nitrogens with zero attached hydrogens (tertiary/aromatic N) is 1. The van der Waals surface area contributed by atoms with E-state index in [0.717, 1.165) is 60.2 Å². The number of pyridine rings is 1. The van der Waals surface area contributed by atoms with Crippen molar-refractivity contribution in [1.29, 1.82) is 0 Å². The Balaban J connectivity index is 1.13. The summed E-state index contributed by atoms with van der Waals surface area (Å²) in [5.74, 6) is 3.02. The molecule has 1 aliphatic carbocycles. The average Bonchev–Trinajstić information content (AvgIpc) is 3.57. The molecule has 0 spiro atoms. The second-order valence-electron chi connectivity index (χ2n) is 9.28. The molecular formula is C30H27N2O5. The van der Waals surface area contributed by atoms with Crippen LogP contribution in [-0.4, -0.2) is 24.4 Å². The molecule has 2 aromatic carbocycles. The summed E-state index contributed by atoms with van der Waals surface area (Å²) >= 11 is 0. The molecule has 187 valence electrons. The zero-order chi connectivity index (χ0) is 25.0. The van der Waals surface area contributed by atoms with Crippen molar-refractivity contribution >= 4 is 28.2 Å². The molecule has 37 heavy (non-hydrogen) atoms. The Kier molecular flexibility index (Phi) is 6.60. The largest absolute Gasteiger partial charge is 0.493 e. The van der Waals surface area contributed by atoms with Gasteiger partial charge in [0.05, 0.1) is 12.0 Å². The summed E-state index contributed by atoms with van der Waals surface area (Å²) in [4.78, 5) is 15.0. The van der Waals surface area contributed by atoms with Crippen LogP contribution in [0.25, 0.3) is 21.9 Å². The van der Waals surface area contributed by atoms with Gasteiger partial charge in [-0.2, -0.15) is 0 Å². The van der Waals surface area contributed by atoms with Crippen LogP contribution in [-0.2, 0) is 17.9 Å². The zero-order valence-corrected chi connectivity index (χ0v) is 20.4. The van der Waals surface area contributed by atoms with E-state index in [0.29, 0.717) is 30.5 Å². The number of nitrogens with one attached hydrogen (secondary N) is 1. The van der Waals surface area contributed by atoms with Gasteiger partial charge in [-0.05, 0) is 79.8 Å². The van der Waals surface area contributed by atoms with Gasteiger partial charge in [0.25, 0.3) is 6.29 Å². The number of carbonyl (C=O) groups excluding carboxylic acids is 1. The van der Waals surface area contributed by atoms with Crippen molar-refractivity contribution in [3.63, 3.8) is 0 Å². The maximum Gasteiger partial charge on any atom is 0.271 e. The lowest BCUT2D eigenvalue weighted by Gasteiger charge is -2.10. The fourth-order valence-corrected chi connectivity index (χ4v) is 4.65. The molecule has 0 bridgehead atoms. The van der Waals surface area contributed by atoms with Crippen LogP contribution in [0.5, 0.6) is 11.5 Å². The first-order chi connectivity index (χ1) is 18.3. The SMILES string of the molecule is O=[C]c1cc2cc(OCc3oc4cccc(OCCCNCc5cccnc5)c4c3C3CC3)ccc2o1. The van der Waals surface area contributed by atoms with Crippen molar-refractivity contribution in [3.8, 4) is 11.5 Å². The van der Waals surface area contributed by atoms with E-state index in [9.17, 15) is 4.79 Å². The van der Waals surface area contributed by atoms with Gasteiger partial charge < -0.3 is 23.6 Å². The maximum atomic E-state index is 10.9. The minimum absolute atomic E-state index is 0.178. The van der Waals surface area contributed by atoms with Crippen molar-refractivity contribution in [2.24, 2.45) is 0 Å². The first-order valence-electron chi connectivity index (χ1n) is 12.6. The molecule has 0 unspecified atom stereocenters. The number of ether oxygens (including phenoxy) is 2. The van der Waals surface area contributed by atoms with Crippen molar-refractivity contribution in [2.45, 2.75) is 38.3 Å². The molecule has 0 aliphatic heterocycles. The van der Waals surface area contributed by atoms with Crippen LogP contribution < -0.4 is 14.8 Å². The normalized spacial score (nSPS) is 13.3. The molecule has 1 N–H and O–H groups in total. The number of hydrogen-bond acceptors (Lipinski definition) is 7. The van der Waals surface area contributed by atoms with E-state index in [1.165, 1.54) is 11.1 Å². The summed E-state index contributed by atoms with van der Waals surface area (Å²) < 4.78 is 24.0. The lowest BCUT2D eigenvalue weighted by atomic mass is 10.1. The molecule has 6 rings (SSSR count). The zero-order valence-electron chi connectivity index (χ0n) is 20.4. The maximum absolute atomic E-state index is 10.9. The van der Waals surface area contributed by atoms with E-state index in [-0.39, 0.29) is 5.76 Å². The molecule has 0 atom stereocenters. The highest BCUT2D eigenvalue weighted by Crippen LogP contribution is 2.48. The smallest absolute Gasteiger partial charge is 0.271 e. The number of benzene rings is 2. The summed E-state index contributed by atoms with van der Waals surface area (Å²) in [5.41, 5.74) is 3.82. The van der Waals surface area contributed by atoms with Crippen molar-refractivity contribution < 1.29 is 23.1 Å². The lowest BCUT2D eigenvalue weighted by Crippen LogP contribution is -2.17. The molecule has 7 nitrogen and oxygen atoms in total. The molecule has 0 amide bonds. The third-order valence-corrected chi connectivity index (χ3v) is 6.54. The van der Waals surface area contributed by atoms with Gasteiger partial charge in [0, 0.05) is 29.9 Å². The second-order valence-corrected chi connectivity index (χ2v) is 9.28. The average molecular weight is 496 g/mol. The molecule has 3 heterocycles. The van der Waals surface area contributed by atoms with Crippen LogP contribution in [0, 0.1) is 0 Å². The first-order valence-corrected chi connectivity index (χ1v) is 12.6. The van der Waals surface area contributed by atoms with Gasteiger partial charge in [0.1, 0.15) is 35.0 Å². The Morgan fingerprint density at radius 2 is 1.97 bits per heavy atom. The van der Waals surface area contributed by atoms with Crippen LogP contribution in [0.3, 0.4) is 0 Å². The van der Waals surface area contributed by atoms with Crippen LogP contribution in [0.1, 0.15) is 47.8 Å². The molecule has 1 saturated carbocycles. The number of furan rings is 2. The van der Waals surface area contributed by atoms with Gasteiger partial charge in [0.15, 0.2) is 5.76 Å². The topological polar surface area (TPSA) is 86.7 Å². The standard InChI is InChI=1S/C30H27N2O5/c33-18-24-15-22-14-23(9-10-25(22)36-24)35-19-28-29(21-7-8-21)30-26(5-1-6-27(30)37-28)34-13-3-12-32-17-20-4-2-11-31-16-20/h1-2,4-6,9-11,14-16,21,32H,3,7-8,12-13,17,19H2. The van der Waals surface area contributed by atoms with Gasteiger partial charge in [0.2, 0.25) is 0 Å². The van der Waals surface area contributed by atoms with Gasteiger partial charge in [-0.25, -0.2) is 0 Å². The number of aromatic nitrogens is 1. The number of fused-ring (bicyclic) bond motifs is 2. The molecule has 1 fully saturated rings. The quantitative estimate of drug-likeness (QED) is 0.211. The predicted molar refractivity (Wildman–Crippen MR) is 140 cm³/mol. The van der Waals surface area contributed by atoms with Gasteiger partial charge in [-0.15, -0.1) is 0 Å². The summed E-state index contributed by atoms with van der Waals surface area (Å²) in [6, 6.07) is 17.1. The minimum atomic E-state index is 0.178. The highest BCUT2D eigenvalue weighted by molar-refractivity contribution is 5.89. The van der Waals surface area contributed by atoms with Crippen LogP contribution in [0.2, 0.25) is 0 Å². The second kappa shape index (κ2) is 10.5. The van der Waals surface area contributed by atoms with Gasteiger partial charge in [-0.1, -0.05) is 12.1 Å². The van der Waals surface area contributed by atoms with E-state index in [2.05, 4.69) is 16.4 Å². The third-order valence-electron chi connectivity index (χ3n) is 6.54.